The Labute approximate surface area is 135 Å². The molecule has 0 radical (unpaired) electrons. The Bertz CT molecular complexity index is 316. The molecule has 1 N–H and O–H groups in total. The third-order valence-corrected chi connectivity index (χ3v) is 3.70. The summed E-state index contributed by atoms with van der Waals surface area (Å²) in [7, 11) is 0. The summed E-state index contributed by atoms with van der Waals surface area (Å²) in [4.78, 5) is 13.9. The van der Waals surface area contributed by atoms with Crippen molar-refractivity contribution in [1.82, 2.24) is 10.2 Å². The second-order valence-corrected chi connectivity index (χ2v) is 7.02. The fourth-order valence-electron chi connectivity index (χ4n) is 2.49. The van der Waals surface area contributed by atoms with Crippen LogP contribution in [-0.4, -0.2) is 55.5 Å². The number of rotatable bonds is 7. The van der Waals surface area contributed by atoms with Gasteiger partial charge in [0.25, 0.3) is 0 Å². The first-order valence-corrected chi connectivity index (χ1v) is 8.71. The van der Waals surface area contributed by atoms with Crippen molar-refractivity contribution in [1.29, 1.82) is 0 Å². The molecule has 1 atom stereocenters. The Hall–Kier alpha value is -0.810. The van der Waals surface area contributed by atoms with Gasteiger partial charge in [0.15, 0.2) is 0 Å². The highest BCUT2D eigenvalue weighted by atomic mass is 16.6. The summed E-state index contributed by atoms with van der Waals surface area (Å²) in [5.41, 5.74) is -0.420. The monoisotopic (exact) mass is 314 g/mol. The summed E-state index contributed by atoms with van der Waals surface area (Å²) in [6.45, 7) is 12.0. The van der Waals surface area contributed by atoms with Gasteiger partial charge in [-0.3, -0.25) is 0 Å². The topological polar surface area (TPSA) is 50.8 Å². The van der Waals surface area contributed by atoms with Gasteiger partial charge in [0.05, 0.1) is 6.61 Å². The summed E-state index contributed by atoms with van der Waals surface area (Å²) < 4.78 is 11.0. The van der Waals surface area contributed by atoms with Crippen molar-refractivity contribution in [2.75, 3.05) is 32.8 Å². The van der Waals surface area contributed by atoms with Gasteiger partial charge in [0.1, 0.15) is 5.60 Å². The molecule has 1 fully saturated rings. The zero-order chi connectivity index (χ0) is 16.4. The quantitative estimate of drug-likeness (QED) is 0.733. The molecule has 22 heavy (non-hydrogen) atoms. The van der Waals surface area contributed by atoms with Gasteiger partial charge in [-0.1, -0.05) is 13.3 Å². The van der Waals surface area contributed by atoms with Gasteiger partial charge < -0.3 is 19.7 Å². The SMILES string of the molecule is CCCCOCCNC1CCCN(C(=O)OC(C)(C)C)CC1. The maximum absolute atomic E-state index is 12.1. The number of hydrogen-bond donors (Lipinski definition) is 1. The van der Waals surface area contributed by atoms with E-state index >= 15 is 0 Å². The lowest BCUT2D eigenvalue weighted by Crippen LogP contribution is -2.38. The van der Waals surface area contributed by atoms with Crippen molar-refractivity contribution in [2.45, 2.75) is 71.4 Å². The average Bonchev–Trinajstić information content (AvgIpc) is 2.66. The van der Waals surface area contributed by atoms with Crippen LogP contribution >= 0.6 is 0 Å². The largest absolute Gasteiger partial charge is 0.444 e. The van der Waals surface area contributed by atoms with Crippen molar-refractivity contribution >= 4 is 6.09 Å². The Balaban J connectivity index is 2.20. The first-order chi connectivity index (χ1) is 10.4. The van der Waals surface area contributed by atoms with E-state index in [-0.39, 0.29) is 6.09 Å². The van der Waals surface area contributed by atoms with Gasteiger partial charge >= 0.3 is 6.09 Å². The van der Waals surface area contributed by atoms with Crippen LogP contribution in [0.4, 0.5) is 4.79 Å². The number of ether oxygens (including phenoxy) is 2. The van der Waals surface area contributed by atoms with Crippen LogP contribution in [0, 0.1) is 0 Å². The molecule has 5 nitrogen and oxygen atoms in total. The first kappa shape index (κ1) is 19.2. The number of nitrogens with zero attached hydrogens (tertiary/aromatic N) is 1. The van der Waals surface area contributed by atoms with Crippen molar-refractivity contribution in [3.63, 3.8) is 0 Å². The van der Waals surface area contributed by atoms with E-state index in [1.807, 2.05) is 25.7 Å². The molecule has 1 aliphatic rings. The first-order valence-electron chi connectivity index (χ1n) is 8.71. The molecule has 0 aliphatic carbocycles. The highest BCUT2D eigenvalue weighted by Gasteiger charge is 2.24. The molecule has 0 aromatic carbocycles. The summed E-state index contributed by atoms with van der Waals surface area (Å²) in [5, 5.41) is 3.54. The van der Waals surface area contributed by atoms with Crippen LogP contribution in [0.25, 0.3) is 0 Å². The second kappa shape index (κ2) is 10.1. The van der Waals surface area contributed by atoms with Crippen LogP contribution < -0.4 is 5.32 Å². The van der Waals surface area contributed by atoms with E-state index in [9.17, 15) is 4.79 Å². The van der Waals surface area contributed by atoms with Gasteiger partial charge in [-0.2, -0.15) is 0 Å². The fourth-order valence-corrected chi connectivity index (χ4v) is 2.49. The van der Waals surface area contributed by atoms with Gasteiger partial charge in [-0.05, 0) is 46.5 Å². The summed E-state index contributed by atoms with van der Waals surface area (Å²) in [5.74, 6) is 0. The molecular weight excluding hydrogens is 280 g/mol. The summed E-state index contributed by atoms with van der Waals surface area (Å²) >= 11 is 0. The van der Waals surface area contributed by atoms with Crippen LogP contribution in [0.5, 0.6) is 0 Å². The molecule has 1 unspecified atom stereocenters. The Kier molecular flexibility index (Phi) is 8.79. The van der Waals surface area contributed by atoms with E-state index in [0.717, 1.165) is 58.5 Å². The number of hydrogen-bond acceptors (Lipinski definition) is 4. The van der Waals surface area contributed by atoms with E-state index < -0.39 is 5.60 Å². The summed E-state index contributed by atoms with van der Waals surface area (Å²) in [6.07, 6.45) is 5.23. The number of unbranched alkanes of at least 4 members (excludes halogenated alkanes) is 1. The van der Waals surface area contributed by atoms with Crippen molar-refractivity contribution < 1.29 is 14.3 Å². The molecule has 1 aliphatic heterocycles. The third kappa shape index (κ3) is 8.59. The van der Waals surface area contributed by atoms with E-state index in [0.29, 0.717) is 6.04 Å². The molecule has 1 saturated heterocycles. The Morgan fingerprint density at radius 2 is 2.00 bits per heavy atom. The number of carbonyl (C=O) groups excluding carboxylic acids is 1. The summed E-state index contributed by atoms with van der Waals surface area (Å²) in [6, 6.07) is 0.474. The van der Waals surface area contributed by atoms with Crippen LogP contribution in [0.3, 0.4) is 0 Å². The van der Waals surface area contributed by atoms with Gasteiger partial charge in [0, 0.05) is 32.3 Å². The molecule has 0 aromatic heterocycles. The predicted molar refractivity (Wildman–Crippen MR) is 89.2 cm³/mol. The normalized spacial score (nSPS) is 19.8. The molecular formula is C17H34N2O3. The van der Waals surface area contributed by atoms with Crippen LogP contribution in [-0.2, 0) is 9.47 Å². The molecule has 0 bridgehead atoms. The maximum Gasteiger partial charge on any atom is 0.410 e. The number of nitrogens with one attached hydrogen (secondary N) is 1. The number of carbonyl (C=O) groups is 1. The van der Waals surface area contributed by atoms with Crippen molar-refractivity contribution in [3.05, 3.63) is 0 Å². The fraction of sp³-hybridized carbons (Fsp3) is 0.941. The Morgan fingerprint density at radius 3 is 2.68 bits per heavy atom. The van der Waals surface area contributed by atoms with E-state index in [2.05, 4.69) is 12.2 Å². The molecule has 1 heterocycles. The zero-order valence-electron chi connectivity index (χ0n) is 14.8. The molecule has 0 aromatic rings. The highest BCUT2D eigenvalue weighted by Crippen LogP contribution is 2.15. The van der Waals surface area contributed by atoms with E-state index in [1.54, 1.807) is 0 Å². The maximum atomic E-state index is 12.1. The van der Waals surface area contributed by atoms with E-state index in [4.69, 9.17) is 9.47 Å². The van der Waals surface area contributed by atoms with E-state index in [1.165, 1.54) is 6.42 Å². The van der Waals surface area contributed by atoms with Crippen LogP contribution in [0.1, 0.15) is 59.8 Å². The number of likely N-dealkylation sites (tertiary alicyclic amines) is 1. The molecule has 1 rings (SSSR count). The standard InChI is InChI=1S/C17H34N2O3/c1-5-6-13-21-14-10-18-15-8-7-11-19(12-9-15)16(20)22-17(2,3)4/h15,18H,5-14H2,1-4H3. The molecule has 0 spiro atoms. The number of amides is 1. The molecule has 0 saturated carbocycles. The third-order valence-electron chi connectivity index (χ3n) is 3.70. The average molecular weight is 314 g/mol. The van der Waals surface area contributed by atoms with Gasteiger partial charge in [-0.15, -0.1) is 0 Å². The lowest BCUT2D eigenvalue weighted by molar-refractivity contribution is 0.0256. The van der Waals surface area contributed by atoms with Gasteiger partial charge in [-0.25, -0.2) is 4.79 Å². The van der Waals surface area contributed by atoms with Crippen LogP contribution in [0.15, 0.2) is 0 Å². The zero-order valence-corrected chi connectivity index (χ0v) is 14.8. The van der Waals surface area contributed by atoms with Crippen molar-refractivity contribution in [3.8, 4) is 0 Å². The highest BCUT2D eigenvalue weighted by molar-refractivity contribution is 5.68. The lowest BCUT2D eigenvalue weighted by Gasteiger charge is -2.26. The second-order valence-electron chi connectivity index (χ2n) is 7.02. The van der Waals surface area contributed by atoms with Gasteiger partial charge in [0.2, 0.25) is 0 Å². The minimum Gasteiger partial charge on any atom is -0.444 e. The van der Waals surface area contributed by atoms with Crippen LogP contribution in [0.2, 0.25) is 0 Å². The molecule has 1 amide bonds. The Morgan fingerprint density at radius 1 is 1.23 bits per heavy atom. The molecule has 5 heteroatoms. The van der Waals surface area contributed by atoms with Crippen molar-refractivity contribution in [2.24, 2.45) is 0 Å². The minimum atomic E-state index is -0.420. The smallest absolute Gasteiger partial charge is 0.410 e. The molecule has 130 valence electrons. The predicted octanol–water partition coefficient (Wildman–Crippen LogP) is 3.18. The minimum absolute atomic E-state index is 0.184. The lowest BCUT2D eigenvalue weighted by atomic mass is 10.1.